The van der Waals surface area contributed by atoms with Crippen molar-refractivity contribution in [3.8, 4) is 0 Å². The van der Waals surface area contributed by atoms with E-state index < -0.39 is 12.1 Å². The number of ether oxygens (including phenoxy) is 1. The lowest BCUT2D eigenvalue weighted by molar-refractivity contribution is 0.0682. The molecule has 0 aromatic carbocycles. The maximum Gasteiger partial charge on any atom is 0.337 e. The van der Waals surface area contributed by atoms with Gasteiger partial charge in [0.05, 0.1) is 24.1 Å². The van der Waals surface area contributed by atoms with E-state index >= 15 is 0 Å². The predicted molar refractivity (Wildman–Crippen MR) is 60.4 cm³/mol. The number of methoxy groups -OCH3 is 1. The van der Waals surface area contributed by atoms with Crippen LogP contribution in [0.1, 0.15) is 28.9 Å². The molecular weight excluding hydrogens is 246 g/mol. The maximum atomic E-state index is 11.1. The van der Waals surface area contributed by atoms with Crippen LogP contribution in [0.3, 0.4) is 0 Å². The monoisotopic (exact) mass is 255 g/mol. The summed E-state index contributed by atoms with van der Waals surface area (Å²) in [4.78, 5) is 15.2. The average Bonchev–Trinajstić information content (AvgIpc) is 2.66. The number of nitrogens with zero attached hydrogens (tertiary/aromatic N) is 3. The zero-order chi connectivity index (χ0) is 12.6. The molecule has 0 amide bonds. The zero-order valence-corrected chi connectivity index (χ0v) is 9.97. The van der Waals surface area contributed by atoms with Gasteiger partial charge < -0.3 is 9.84 Å². The van der Waals surface area contributed by atoms with Gasteiger partial charge in [0.2, 0.25) is 0 Å². The third kappa shape index (κ3) is 1.96. The highest BCUT2D eigenvalue weighted by atomic mass is 35.5. The van der Waals surface area contributed by atoms with Gasteiger partial charge in [0.25, 0.3) is 0 Å². The third-order valence-corrected chi connectivity index (χ3v) is 2.67. The molecule has 0 aliphatic heterocycles. The van der Waals surface area contributed by atoms with Crippen LogP contribution in [0, 0.1) is 0 Å². The standard InChI is InChI=1S/C10H10ClN3O3/c1-5(17-2)8-6(10(15)16)3-12-14-4-7(11)13-9(8)14/h3-5H,1-2H3,(H,15,16). The number of hydrogen-bond acceptors (Lipinski definition) is 4. The number of halogens is 1. The molecular formula is C10H10ClN3O3. The molecule has 2 aromatic heterocycles. The van der Waals surface area contributed by atoms with E-state index in [1.165, 1.54) is 24.0 Å². The predicted octanol–water partition coefficient (Wildman–Crippen LogP) is 1.79. The van der Waals surface area contributed by atoms with Crippen molar-refractivity contribution < 1.29 is 14.6 Å². The molecule has 1 N–H and O–H groups in total. The fourth-order valence-electron chi connectivity index (χ4n) is 1.61. The Hall–Kier alpha value is -1.66. The van der Waals surface area contributed by atoms with Crippen LogP contribution in [0.25, 0.3) is 5.65 Å². The minimum absolute atomic E-state index is 0.0640. The van der Waals surface area contributed by atoms with Crippen LogP contribution in [0.5, 0.6) is 0 Å². The number of rotatable bonds is 3. The summed E-state index contributed by atoms with van der Waals surface area (Å²) in [5, 5.41) is 13.3. The molecule has 1 unspecified atom stereocenters. The highest BCUT2D eigenvalue weighted by Gasteiger charge is 2.21. The van der Waals surface area contributed by atoms with E-state index in [1.54, 1.807) is 6.92 Å². The van der Waals surface area contributed by atoms with Crippen LogP contribution < -0.4 is 0 Å². The second-order valence-electron chi connectivity index (χ2n) is 3.49. The molecule has 0 radical (unpaired) electrons. The molecule has 0 fully saturated rings. The van der Waals surface area contributed by atoms with E-state index in [1.807, 2.05) is 0 Å². The van der Waals surface area contributed by atoms with Crippen molar-refractivity contribution in [3.05, 3.63) is 28.7 Å². The van der Waals surface area contributed by atoms with Gasteiger partial charge >= 0.3 is 5.97 Å². The van der Waals surface area contributed by atoms with Gasteiger partial charge in [-0.15, -0.1) is 0 Å². The number of carboxylic acid groups (broad SMARTS) is 1. The summed E-state index contributed by atoms with van der Waals surface area (Å²) in [6, 6.07) is 0. The second kappa shape index (κ2) is 4.31. The summed E-state index contributed by atoms with van der Waals surface area (Å²) >= 11 is 5.77. The molecule has 2 heterocycles. The zero-order valence-electron chi connectivity index (χ0n) is 9.22. The summed E-state index contributed by atoms with van der Waals surface area (Å²) in [6.45, 7) is 1.74. The smallest absolute Gasteiger partial charge is 0.337 e. The Morgan fingerprint density at radius 1 is 1.65 bits per heavy atom. The van der Waals surface area contributed by atoms with Gasteiger partial charge in [0.15, 0.2) is 5.65 Å². The number of fused-ring (bicyclic) bond motifs is 1. The SMILES string of the molecule is COC(C)c1c(C(=O)O)cnn2cc(Cl)nc12. The number of carbonyl (C=O) groups is 1. The van der Waals surface area contributed by atoms with Crippen LogP contribution in [0.15, 0.2) is 12.4 Å². The lowest BCUT2D eigenvalue weighted by Crippen LogP contribution is -2.11. The minimum Gasteiger partial charge on any atom is -0.478 e. The van der Waals surface area contributed by atoms with Crippen LogP contribution >= 0.6 is 11.6 Å². The van der Waals surface area contributed by atoms with E-state index in [9.17, 15) is 4.79 Å². The molecule has 1 atom stereocenters. The third-order valence-electron chi connectivity index (χ3n) is 2.49. The van der Waals surface area contributed by atoms with Gasteiger partial charge in [-0.1, -0.05) is 11.6 Å². The van der Waals surface area contributed by atoms with E-state index in [4.69, 9.17) is 21.4 Å². The summed E-state index contributed by atoms with van der Waals surface area (Å²) < 4.78 is 6.59. The quantitative estimate of drug-likeness (QED) is 0.905. The van der Waals surface area contributed by atoms with E-state index in [2.05, 4.69) is 10.1 Å². The fourth-order valence-corrected chi connectivity index (χ4v) is 1.79. The van der Waals surface area contributed by atoms with Crippen molar-refractivity contribution in [3.63, 3.8) is 0 Å². The molecule has 6 nitrogen and oxygen atoms in total. The molecule has 2 aromatic rings. The van der Waals surface area contributed by atoms with Crippen molar-refractivity contribution in [1.29, 1.82) is 0 Å². The highest BCUT2D eigenvalue weighted by molar-refractivity contribution is 6.29. The van der Waals surface area contributed by atoms with Crippen LogP contribution in [-0.4, -0.2) is 32.8 Å². The molecule has 0 spiro atoms. The first-order valence-electron chi connectivity index (χ1n) is 4.84. The van der Waals surface area contributed by atoms with Crippen LogP contribution in [-0.2, 0) is 4.74 Å². The second-order valence-corrected chi connectivity index (χ2v) is 3.87. The van der Waals surface area contributed by atoms with E-state index in [0.29, 0.717) is 11.2 Å². The van der Waals surface area contributed by atoms with E-state index in [-0.39, 0.29) is 10.7 Å². The molecule has 17 heavy (non-hydrogen) atoms. The first-order valence-corrected chi connectivity index (χ1v) is 5.22. The summed E-state index contributed by atoms with van der Waals surface area (Å²) in [5.74, 6) is -1.07. The minimum atomic E-state index is -1.07. The molecule has 0 saturated heterocycles. The molecule has 0 aliphatic rings. The lowest BCUT2D eigenvalue weighted by Gasteiger charge is -2.13. The molecule has 7 heteroatoms. The summed E-state index contributed by atoms with van der Waals surface area (Å²) in [6.07, 6.45) is 2.36. The maximum absolute atomic E-state index is 11.1. The molecule has 0 aliphatic carbocycles. The van der Waals surface area contributed by atoms with Gasteiger partial charge in [-0.3, -0.25) is 0 Å². The summed E-state index contributed by atoms with van der Waals surface area (Å²) in [5.41, 5.74) is 0.917. The Morgan fingerprint density at radius 2 is 2.35 bits per heavy atom. The summed E-state index contributed by atoms with van der Waals surface area (Å²) in [7, 11) is 1.50. The van der Waals surface area contributed by atoms with Gasteiger partial charge in [0.1, 0.15) is 5.15 Å². The van der Waals surface area contributed by atoms with Crippen molar-refractivity contribution in [2.45, 2.75) is 13.0 Å². The molecule has 0 bridgehead atoms. The topological polar surface area (TPSA) is 76.7 Å². The van der Waals surface area contributed by atoms with Crippen LogP contribution in [0.4, 0.5) is 0 Å². The Kier molecular flexibility index (Phi) is 2.99. The first kappa shape index (κ1) is 11.8. The largest absolute Gasteiger partial charge is 0.478 e. The van der Waals surface area contributed by atoms with Crippen LogP contribution in [0.2, 0.25) is 5.15 Å². The van der Waals surface area contributed by atoms with Crippen molar-refractivity contribution in [2.24, 2.45) is 0 Å². The lowest BCUT2D eigenvalue weighted by atomic mass is 10.1. The first-order chi connectivity index (χ1) is 8.04. The number of hydrogen-bond donors (Lipinski definition) is 1. The highest BCUT2D eigenvalue weighted by Crippen LogP contribution is 2.25. The Bertz CT molecular complexity index is 581. The van der Waals surface area contributed by atoms with Crippen molar-refractivity contribution in [2.75, 3.05) is 7.11 Å². The van der Waals surface area contributed by atoms with Gasteiger partial charge in [0, 0.05) is 12.7 Å². The van der Waals surface area contributed by atoms with Gasteiger partial charge in [-0.25, -0.2) is 14.3 Å². The fraction of sp³-hybridized carbons (Fsp3) is 0.300. The number of carboxylic acids is 1. The van der Waals surface area contributed by atoms with Crippen molar-refractivity contribution >= 4 is 23.2 Å². The molecule has 2 rings (SSSR count). The molecule has 0 saturated carbocycles. The molecule has 90 valence electrons. The number of imidazole rings is 1. The number of aromatic nitrogens is 3. The van der Waals surface area contributed by atoms with E-state index in [0.717, 1.165) is 0 Å². The normalized spacial score (nSPS) is 12.9. The Balaban J connectivity index is 2.78. The Labute approximate surface area is 102 Å². The van der Waals surface area contributed by atoms with Crippen molar-refractivity contribution in [1.82, 2.24) is 14.6 Å². The number of aromatic carboxylic acids is 1. The van der Waals surface area contributed by atoms with Gasteiger partial charge in [-0.2, -0.15) is 5.10 Å². The average molecular weight is 256 g/mol. The van der Waals surface area contributed by atoms with Gasteiger partial charge in [-0.05, 0) is 6.92 Å². The Morgan fingerprint density at radius 3 is 2.94 bits per heavy atom.